The van der Waals surface area contributed by atoms with E-state index in [2.05, 4.69) is 27.7 Å². The van der Waals surface area contributed by atoms with Crippen LogP contribution in [0, 0.1) is 0 Å². The third kappa shape index (κ3) is 6.06. The van der Waals surface area contributed by atoms with E-state index in [1.165, 1.54) is 44.1 Å². The molecule has 0 radical (unpaired) electrons. The van der Waals surface area contributed by atoms with Crippen molar-refractivity contribution >= 4 is 52.1 Å². The van der Waals surface area contributed by atoms with Crippen molar-refractivity contribution in [3.05, 3.63) is 57.6 Å². The van der Waals surface area contributed by atoms with Crippen LogP contribution in [0.15, 0.2) is 36.4 Å². The third-order valence-electron chi connectivity index (χ3n) is 4.75. The van der Waals surface area contributed by atoms with Crippen molar-refractivity contribution in [2.24, 2.45) is 0 Å². The summed E-state index contributed by atoms with van der Waals surface area (Å²) in [5, 5.41) is 6.42. The maximum absolute atomic E-state index is 12.6. The van der Waals surface area contributed by atoms with Crippen LogP contribution in [0.3, 0.4) is 0 Å². The van der Waals surface area contributed by atoms with Crippen LogP contribution in [0.1, 0.15) is 35.2 Å². The molecule has 0 aliphatic carbocycles. The minimum Gasteiger partial charge on any atom is -0.494 e. The minimum absolute atomic E-state index is 0.178. The van der Waals surface area contributed by atoms with Gasteiger partial charge in [-0.1, -0.05) is 41.8 Å². The Balaban J connectivity index is 1.58. The number of nitrogens with zero attached hydrogens (tertiary/aromatic N) is 1. The number of nitrogens with one attached hydrogen (secondary N) is 2. The van der Waals surface area contributed by atoms with Crippen molar-refractivity contribution in [1.82, 2.24) is 10.2 Å². The number of carbonyl (C=O) groups is 1. The van der Waals surface area contributed by atoms with Gasteiger partial charge in [0.25, 0.3) is 5.91 Å². The third-order valence-corrected chi connectivity index (χ3v) is 5.45. The van der Waals surface area contributed by atoms with Crippen LogP contribution in [0.2, 0.25) is 10.0 Å². The Kier molecular flexibility index (Phi) is 7.72. The van der Waals surface area contributed by atoms with Gasteiger partial charge in [0.1, 0.15) is 5.75 Å². The number of methoxy groups -OCH3 is 1. The summed E-state index contributed by atoms with van der Waals surface area (Å²) in [6.45, 7) is 3.27. The lowest BCUT2D eigenvalue weighted by atomic mass is 10.1. The molecule has 2 N–H and O–H groups in total. The second-order valence-electron chi connectivity index (χ2n) is 6.91. The van der Waals surface area contributed by atoms with Crippen molar-refractivity contribution in [1.29, 1.82) is 0 Å². The highest BCUT2D eigenvalue weighted by Crippen LogP contribution is 2.32. The lowest BCUT2D eigenvalue weighted by Gasteiger charge is -2.26. The summed E-state index contributed by atoms with van der Waals surface area (Å²) >= 11 is 17.4. The topological polar surface area (TPSA) is 53.6 Å². The molecule has 1 saturated heterocycles. The molecule has 2 aromatic rings. The Morgan fingerprint density at radius 2 is 1.83 bits per heavy atom. The maximum atomic E-state index is 12.6. The second kappa shape index (κ2) is 10.3. The molecular weight excluding hydrogens is 429 g/mol. The molecule has 0 spiro atoms. The summed E-state index contributed by atoms with van der Waals surface area (Å²) in [6, 6.07) is 11.0. The van der Waals surface area contributed by atoms with Gasteiger partial charge in [-0.25, -0.2) is 0 Å². The lowest BCUT2D eigenvalue weighted by molar-refractivity contribution is 0.0975. The molecule has 1 amide bonds. The zero-order valence-electron chi connectivity index (χ0n) is 16.1. The number of hydrogen-bond acceptors (Lipinski definition) is 4. The molecular formula is C21H23Cl2N3O2S. The molecule has 0 saturated carbocycles. The van der Waals surface area contributed by atoms with E-state index < -0.39 is 5.91 Å². The van der Waals surface area contributed by atoms with Gasteiger partial charge in [-0.2, -0.15) is 0 Å². The molecule has 0 aromatic heterocycles. The number of carbonyl (C=O) groups excluding carboxylic acids is 1. The number of likely N-dealkylation sites (tertiary alicyclic amines) is 1. The standard InChI is InChI=1S/C21H23Cl2N3O2S/c1-28-19-17(11-15(22)12-18(19)23)20(27)25-21(29)24-16-7-5-14(6-8-16)13-26-9-3-2-4-10-26/h5-8,11-12H,2-4,9-10,13H2,1H3,(H2,24,25,27,29). The van der Waals surface area contributed by atoms with Gasteiger partial charge in [0.15, 0.2) is 5.11 Å². The van der Waals surface area contributed by atoms with Gasteiger partial charge in [-0.05, 0) is 68.0 Å². The summed E-state index contributed by atoms with van der Waals surface area (Å²) in [5.41, 5.74) is 2.27. The fourth-order valence-electron chi connectivity index (χ4n) is 3.34. The van der Waals surface area contributed by atoms with Gasteiger partial charge in [-0.3, -0.25) is 15.0 Å². The first-order chi connectivity index (χ1) is 14.0. The summed E-state index contributed by atoms with van der Waals surface area (Å²) in [6.07, 6.45) is 3.88. The molecule has 29 heavy (non-hydrogen) atoms. The number of hydrogen-bond donors (Lipinski definition) is 2. The minimum atomic E-state index is -0.453. The van der Waals surface area contributed by atoms with E-state index in [4.69, 9.17) is 40.2 Å². The Bertz CT molecular complexity index is 884. The van der Waals surface area contributed by atoms with E-state index in [-0.39, 0.29) is 21.4 Å². The van der Waals surface area contributed by atoms with Crippen LogP contribution in [0.5, 0.6) is 5.75 Å². The highest BCUT2D eigenvalue weighted by molar-refractivity contribution is 7.80. The van der Waals surface area contributed by atoms with Crippen molar-refractivity contribution in [2.45, 2.75) is 25.8 Å². The van der Waals surface area contributed by atoms with Crippen LogP contribution in [-0.4, -0.2) is 36.1 Å². The second-order valence-corrected chi connectivity index (χ2v) is 8.16. The molecule has 1 aliphatic heterocycles. The van der Waals surface area contributed by atoms with Gasteiger partial charge in [-0.15, -0.1) is 0 Å². The van der Waals surface area contributed by atoms with Gasteiger partial charge in [0, 0.05) is 17.3 Å². The van der Waals surface area contributed by atoms with E-state index in [1.807, 2.05) is 12.1 Å². The van der Waals surface area contributed by atoms with Crippen LogP contribution < -0.4 is 15.4 Å². The zero-order valence-corrected chi connectivity index (χ0v) is 18.5. The molecule has 1 aliphatic rings. The number of halogens is 2. The highest BCUT2D eigenvalue weighted by atomic mass is 35.5. The molecule has 1 heterocycles. The number of piperidine rings is 1. The molecule has 0 unspecified atom stereocenters. The molecule has 1 fully saturated rings. The van der Waals surface area contributed by atoms with Crippen LogP contribution >= 0.6 is 35.4 Å². The normalized spacial score (nSPS) is 14.3. The summed E-state index contributed by atoms with van der Waals surface area (Å²) in [4.78, 5) is 15.0. The number of thiocarbonyl (C=S) groups is 1. The average Bonchev–Trinajstić information content (AvgIpc) is 2.69. The monoisotopic (exact) mass is 451 g/mol. The first kappa shape index (κ1) is 21.8. The quantitative estimate of drug-likeness (QED) is 0.618. The first-order valence-corrected chi connectivity index (χ1v) is 10.6. The highest BCUT2D eigenvalue weighted by Gasteiger charge is 2.18. The van der Waals surface area contributed by atoms with Gasteiger partial charge >= 0.3 is 0 Å². The van der Waals surface area contributed by atoms with Gasteiger partial charge < -0.3 is 10.1 Å². The Hall–Kier alpha value is -1.86. The Morgan fingerprint density at radius 3 is 2.48 bits per heavy atom. The molecule has 5 nitrogen and oxygen atoms in total. The van der Waals surface area contributed by atoms with Crippen molar-refractivity contribution < 1.29 is 9.53 Å². The smallest absolute Gasteiger partial charge is 0.261 e. The van der Waals surface area contributed by atoms with Gasteiger partial charge in [0.05, 0.1) is 17.7 Å². The largest absolute Gasteiger partial charge is 0.494 e. The number of amides is 1. The predicted octanol–water partition coefficient (Wildman–Crippen LogP) is 5.11. The Labute approximate surface area is 186 Å². The van der Waals surface area contributed by atoms with Gasteiger partial charge in [0.2, 0.25) is 0 Å². The summed E-state index contributed by atoms with van der Waals surface area (Å²) in [7, 11) is 1.44. The fraction of sp³-hybridized carbons (Fsp3) is 0.333. The average molecular weight is 452 g/mol. The van der Waals surface area contributed by atoms with E-state index in [1.54, 1.807) is 0 Å². The molecule has 8 heteroatoms. The SMILES string of the molecule is COc1c(Cl)cc(Cl)cc1C(=O)NC(=S)Nc1ccc(CN2CCCCC2)cc1. The molecule has 3 rings (SSSR count). The van der Waals surface area contributed by atoms with Crippen molar-refractivity contribution in [3.8, 4) is 5.75 Å². The van der Waals surface area contributed by atoms with Crippen LogP contribution in [-0.2, 0) is 6.54 Å². The van der Waals surface area contributed by atoms with Crippen LogP contribution in [0.4, 0.5) is 5.69 Å². The summed E-state index contributed by atoms with van der Waals surface area (Å²) in [5.74, 6) is -0.205. The van der Waals surface area contributed by atoms with Crippen LogP contribution in [0.25, 0.3) is 0 Å². The predicted molar refractivity (Wildman–Crippen MR) is 122 cm³/mol. The van der Waals surface area contributed by atoms with Crippen molar-refractivity contribution in [3.63, 3.8) is 0 Å². The molecule has 0 bridgehead atoms. The van der Waals surface area contributed by atoms with E-state index in [0.717, 1.165) is 25.3 Å². The zero-order chi connectivity index (χ0) is 20.8. The van der Waals surface area contributed by atoms with E-state index in [9.17, 15) is 4.79 Å². The number of anilines is 1. The van der Waals surface area contributed by atoms with Crippen molar-refractivity contribution in [2.75, 3.05) is 25.5 Å². The first-order valence-electron chi connectivity index (χ1n) is 9.43. The molecule has 154 valence electrons. The lowest BCUT2D eigenvalue weighted by Crippen LogP contribution is -2.34. The number of ether oxygens (including phenoxy) is 1. The number of rotatable bonds is 5. The van der Waals surface area contributed by atoms with E-state index in [0.29, 0.717) is 5.02 Å². The number of benzene rings is 2. The van der Waals surface area contributed by atoms with E-state index >= 15 is 0 Å². The molecule has 0 atom stereocenters. The maximum Gasteiger partial charge on any atom is 0.261 e. The molecule has 2 aromatic carbocycles. The Morgan fingerprint density at radius 1 is 1.14 bits per heavy atom. The summed E-state index contributed by atoms with van der Waals surface area (Å²) < 4.78 is 5.21. The fourth-order valence-corrected chi connectivity index (χ4v) is 4.12.